The molecular weight excluding hydrogens is 389 g/mol. The van der Waals surface area contributed by atoms with E-state index in [1.165, 1.54) is 19.2 Å². The topological polar surface area (TPSA) is 71.0 Å². The Hall–Kier alpha value is -3.20. The Labute approximate surface area is 165 Å². The van der Waals surface area contributed by atoms with Crippen LogP contribution >= 0.6 is 0 Å². The third-order valence-electron chi connectivity index (χ3n) is 4.42. The number of benzene rings is 2. The predicted octanol–water partition coefficient (Wildman–Crippen LogP) is 3.39. The number of nitrogens with one attached hydrogen (secondary N) is 1. The number of nitrogens with zero attached hydrogens (tertiary/aromatic N) is 1. The molecular formula is C20H19F3N2O4. The lowest BCUT2D eigenvalue weighted by molar-refractivity contribution is -0.299. The number of ether oxygens (including phenoxy) is 2. The van der Waals surface area contributed by atoms with Crippen molar-refractivity contribution in [2.45, 2.75) is 24.9 Å². The molecule has 1 fully saturated rings. The predicted molar refractivity (Wildman–Crippen MR) is 97.8 cm³/mol. The van der Waals surface area contributed by atoms with Gasteiger partial charge in [-0.1, -0.05) is 30.8 Å². The molecule has 1 amide bonds. The largest absolute Gasteiger partial charge is 0.493 e. The zero-order valence-corrected chi connectivity index (χ0v) is 15.5. The normalized spacial score (nSPS) is 19.1. The molecule has 3 rings (SSSR count). The number of carbonyl (C=O) groups is 1. The minimum absolute atomic E-state index is 0.0316. The van der Waals surface area contributed by atoms with Gasteiger partial charge in [-0.25, -0.2) is 5.01 Å². The number of methoxy groups -OCH3 is 1. The van der Waals surface area contributed by atoms with Crippen molar-refractivity contribution < 1.29 is 32.5 Å². The number of hydrogen-bond donors (Lipinski definition) is 2. The van der Waals surface area contributed by atoms with E-state index in [9.17, 15) is 23.1 Å². The highest BCUT2D eigenvalue weighted by Crippen LogP contribution is 2.41. The number of para-hydroxylation sites is 2. The van der Waals surface area contributed by atoms with Gasteiger partial charge in [-0.2, -0.15) is 13.2 Å². The van der Waals surface area contributed by atoms with Gasteiger partial charge in [-0.3, -0.25) is 10.2 Å². The molecule has 29 heavy (non-hydrogen) atoms. The maximum absolute atomic E-state index is 13.3. The van der Waals surface area contributed by atoms with Gasteiger partial charge < -0.3 is 14.6 Å². The molecule has 9 heteroatoms. The summed E-state index contributed by atoms with van der Waals surface area (Å²) in [6, 6.07) is 12.9. The highest BCUT2D eigenvalue weighted by Gasteiger charge is 2.63. The monoisotopic (exact) mass is 408 g/mol. The smallest absolute Gasteiger partial charge is 0.438 e. The Kier molecular flexibility index (Phi) is 5.43. The number of aliphatic hydroxyl groups is 1. The third kappa shape index (κ3) is 4.00. The standard InChI is InChI=1S/C20H19F3N2O4/c1-13-11-19(27,20(21,22)23)25(24-13)18(26)15-9-7-14(8-10-15)12-29-17-6-4-3-5-16(17)28-2/h3-10,24,27H,1,11-12H2,2H3. The number of hydrogen-bond acceptors (Lipinski definition) is 5. The van der Waals surface area contributed by atoms with E-state index < -0.39 is 24.2 Å². The summed E-state index contributed by atoms with van der Waals surface area (Å²) < 4.78 is 50.7. The van der Waals surface area contributed by atoms with Crippen molar-refractivity contribution in [3.8, 4) is 11.5 Å². The minimum Gasteiger partial charge on any atom is -0.493 e. The van der Waals surface area contributed by atoms with Gasteiger partial charge in [0.25, 0.3) is 11.6 Å². The maximum Gasteiger partial charge on any atom is 0.438 e. The second-order valence-corrected chi connectivity index (χ2v) is 6.48. The van der Waals surface area contributed by atoms with Crippen LogP contribution in [0.2, 0.25) is 0 Å². The van der Waals surface area contributed by atoms with Gasteiger partial charge in [0.15, 0.2) is 11.5 Å². The van der Waals surface area contributed by atoms with Crippen LogP contribution < -0.4 is 14.9 Å². The lowest BCUT2D eigenvalue weighted by atomic mass is 10.1. The van der Waals surface area contributed by atoms with Crippen LogP contribution in [0.25, 0.3) is 0 Å². The van der Waals surface area contributed by atoms with Crippen LogP contribution in [0.1, 0.15) is 22.3 Å². The summed E-state index contributed by atoms with van der Waals surface area (Å²) >= 11 is 0. The molecule has 1 heterocycles. The number of rotatable bonds is 5. The average molecular weight is 408 g/mol. The van der Waals surface area contributed by atoms with Gasteiger partial charge in [0.1, 0.15) is 6.61 Å². The molecule has 2 aromatic rings. The molecule has 1 aliphatic rings. The summed E-state index contributed by atoms with van der Waals surface area (Å²) in [6.45, 7) is 3.55. The molecule has 6 nitrogen and oxygen atoms in total. The van der Waals surface area contributed by atoms with Crippen molar-refractivity contribution in [1.82, 2.24) is 10.4 Å². The Morgan fingerprint density at radius 3 is 2.41 bits per heavy atom. The average Bonchev–Trinajstić information content (AvgIpc) is 3.02. The minimum atomic E-state index is -5.04. The molecule has 1 atom stereocenters. The Balaban J connectivity index is 1.73. The van der Waals surface area contributed by atoms with Crippen LogP contribution in [0, 0.1) is 0 Å². The number of carbonyl (C=O) groups excluding carboxylic acids is 1. The van der Waals surface area contributed by atoms with E-state index in [4.69, 9.17) is 9.47 Å². The molecule has 154 valence electrons. The summed E-state index contributed by atoms with van der Waals surface area (Å²) in [5.74, 6) is 0.0666. The van der Waals surface area contributed by atoms with Crippen LogP contribution in [0.15, 0.2) is 60.8 Å². The summed E-state index contributed by atoms with van der Waals surface area (Å²) in [5.41, 5.74) is -0.601. The lowest BCUT2D eigenvalue weighted by Gasteiger charge is -2.33. The zero-order valence-electron chi connectivity index (χ0n) is 15.5. The molecule has 1 unspecified atom stereocenters. The summed E-state index contributed by atoms with van der Waals surface area (Å²) in [6.07, 6.45) is -5.88. The van der Waals surface area contributed by atoms with E-state index in [0.29, 0.717) is 17.1 Å². The fourth-order valence-corrected chi connectivity index (χ4v) is 2.88. The number of alkyl halides is 3. The summed E-state index contributed by atoms with van der Waals surface area (Å²) in [7, 11) is 1.52. The van der Waals surface area contributed by atoms with Gasteiger partial charge in [0.2, 0.25) is 0 Å². The van der Waals surface area contributed by atoms with Gasteiger partial charge in [0, 0.05) is 17.7 Å². The van der Waals surface area contributed by atoms with E-state index in [2.05, 4.69) is 12.0 Å². The summed E-state index contributed by atoms with van der Waals surface area (Å²) in [4.78, 5) is 12.5. The van der Waals surface area contributed by atoms with Crippen LogP contribution in [-0.4, -0.2) is 35.0 Å². The Morgan fingerprint density at radius 1 is 1.21 bits per heavy atom. The number of hydrazine groups is 1. The van der Waals surface area contributed by atoms with Crippen LogP contribution in [-0.2, 0) is 6.61 Å². The van der Waals surface area contributed by atoms with E-state index in [-0.39, 0.29) is 22.9 Å². The van der Waals surface area contributed by atoms with E-state index in [0.717, 1.165) is 0 Å². The molecule has 0 bridgehead atoms. The van der Waals surface area contributed by atoms with E-state index in [1.807, 2.05) is 0 Å². The van der Waals surface area contributed by atoms with E-state index in [1.54, 1.807) is 36.4 Å². The van der Waals surface area contributed by atoms with Crippen molar-refractivity contribution in [2.24, 2.45) is 0 Å². The first-order valence-electron chi connectivity index (χ1n) is 8.58. The Morgan fingerprint density at radius 2 is 1.83 bits per heavy atom. The highest BCUT2D eigenvalue weighted by atomic mass is 19.4. The SMILES string of the molecule is C=C1CC(O)(C(F)(F)F)N(C(=O)c2ccc(COc3ccccc3OC)cc2)N1. The quantitative estimate of drug-likeness (QED) is 0.794. The molecule has 0 aromatic heterocycles. The van der Waals surface area contributed by atoms with Gasteiger partial charge in [-0.15, -0.1) is 0 Å². The molecule has 0 aliphatic carbocycles. The van der Waals surface area contributed by atoms with Crippen molar-refractivity contribution in [1.29, 1.82) is 0 Å². The zero-order chi connectivity index (χ0) is 21.2. The number of halogens is 3. The molecule has 1 saturated heterocycles. The van der Waals surface area contributed by atoms with Gasteiger partial charge in [0.05, 0.1) is 7.11 Å². The van der Waals surface area contributed by atoms with Crippen molar-refractivity contribution >= 4 is 5.91 Å². The molecule has 1 aliphatic heterocycles. The first-order chi connectivity index (χ1) is 13.7. The second-order valence-electron chi connectivity index (χ2n) is 6.48. The van der Waals surface area contributed by atoms with Crippen molar-refractivity contribution in [3.05, 3.63) is 71.9 Å². The maximum atomic E-state index is 13.3. The second kappa shape index (κ2) is 7.67. The third-order valence-corrected chi connectivity index (χ3v) is 4.42. The van der Waals surface area contributed by atoms with Gasteiger partial charge in [-0.05, 0) is 29.8 Å². The first kappa shape index (κ1) is 20.5. The molecule has 0 saturated carbocycles. The van der Waals surface area contributed by atoms with Crippen LogP contribution in [0.4, 0.5) is 13.2 Å². The molecule has 2 N–H and O–H groups in total. The van der Waals surface area contributed by atoms with Crippen LogP contribution in [0.5, 0.6) is 11.5 Å². The first-order valence-corrected chi connectivity index (χ1v) is 8.58. The lowest BCUT2D eigenvalue weighted by Crippen LogP contribution is -2.59. The number of amides is 1. The van der Waals surface area contributed by atoms with Gasteiger partial charge >= 0.3 is 6.18 Å². The van der Waals surface area contributed by atoms with E-state index >= 15 is 0 Å². The molecule has 0 spiro atoms. The summed E-state index contributed by atoms with van der Waals surface area (Å²) in [5, 5.41) is 10.2. The van der Waals surface area contributed by atoms with Crippen molar-refractivity contribution in [3.63, 3.8) is 0 Å². The molecule has 2 aromatic carbocycles. The van der Waals surface area contributed by atoms with Crippen molar-refractivity contribution in [2.75, 3.05) is 7.11 Å². The fourth-order valence-electron chi connectivity index (χ4n) is 2.88. The highest BCUT2D eigenvalue weighted by molar-refractivity contribution is 5.94. The van der Waals surface area contributed by atoms with Crippen LogP contribution in [0.3, 0.4) is 0 Å². The fraction of sp³-hybridized carbons (Fsp3) is 0.250. The molecule has 0 radical (unpaired) electrons. The Bertz CT molecular complexity index is 915.